The molecule has 1 saturated heterocycles. The molecule has 16 heavy (non-hydrogen) atoms. The van der Waals surface area contributed by atoms with Gasteiger partial charge in [0.2, 0.25) is 0 Å². The highest BCUT2D eigenvalue weighted by Crippen LogP contribution is 2.17. The van der Waals surface area contributed by atoms with Crippen molar-refractivity contribution in [3.8, 4) is 0 Å². The average molecular weight is 305 g/mol. The summed E-state index contributed by atoms with van der Waals surface area (Å²) in [5.41, 5.74) is 1.18. The molecule has 1 aliphatic heterocycles. The summed E-state index contributed by atoms with van der Waals surface area (Å²) >= 11 is 5.21. The van der Waals surface area contributed by atoms with Crippen LogP contribution in [-0.2, 0) is 11.3 Å². The summed E-state index contributed by atoms with van der Waals surface area (Å²) in [6.07, 6.45) is 0.316. The minimum Gasteiger partial charge on any atom is -0.374 e. The zero-order valence-electron chi connectivity index (χ0n) is 9.65. The van der Waals surface area contributed by atoms with Gasteiger partial charge >= 0.3 is 0 Å². The van der Waals surface area contributed by atoms with Crippen molar-refractivity contribution < 1.29 is 4.74 Å². The third-order valence-electron chi connectivity index (χ3n) is 2.84. The fraction of sp³-hybridized carbons (Fsp3) is 0.727. The molecule has 0 saturated carbocycles. The van der Waals surface area contributed by atoms with Crippen LogP contribution in [0.15, 0.2) is 5.38 Å². The van der Waals surface area contributed by atoms with E-state index >= 15 is 0 Å². The molecule has 0 aromatic carbocycles. The van der Waals surface area contributed by atoms with Crippen LogP contribution in [0, 0.1) is 6.92 Å². The molecule has 0 amide bonds. The molecule has 0 bridgehead atoms. The quantitative estimate of drug-likeness (QED) is 0.802. The van der Waals surface area contributed by atoms with Crippen molar-refractivity contribution in [1.82, 2.24) is 9.88 Å². The summed E-state index contributed by atoms with van der Waals surface area (Å²) < 4.78 is 5.71. The van der Waals surface area contributed by atoms with Crippen LogP contribution in [0.2, 0.25) is 0 Å². The van der Waals surface area contributed by atoms with Crippen LogP contribution in [0.4, 0.5) is 0 Å². The van der Waals surface area contributed by atoms with Crippen molar-refractivity contribution in [1.29, 1.82) is 0 Å². The fourth-order valence-electron chi connectivity index (χ4n) is 1.88. The molecule has 2 rings (SSSR count). The van der Waals surface area contributed by atoms with Gasteiger partial charge in [-0.05, 0) is 13.8 Å². The van der Waals surface area contributed by atoms with E-state index in [1.807, 2.05) is 0 Å². The van der Waals surface area contributed by atoms with E-state index in [-0.39, 0.29) is 0 Å². The third-order valence-corrected chi connectivity index (χ3v) is 4.38. The monoisotopic (exact) mass is 304 g/mol. The first-order chi connectivity index (χ1) is 7.69. The Morgan fingerprint density at radius 2 is 2.50 bits per heavy atom. The highest BCUT2D eigenvalue weighted by Gasteiger charge is 2.25. The van der Waals surface area contributed by atoms with Crippen LogP contribution in [0.1, 0.15) is 17.6 Å². The normalized spacial score (nSPS) is 27.2. The number of hydrogen-bond acceptors (Lipinski definition) is 4. The number of hydrogen-bond donors (Lipinski definition) is 0. The Morgan fingerprint density at radius 3 is 3.12 bits per heavy atom. The van der Waals surface area contributed by atoms with E-state index in [2.05, 4.69) is 45.0 Å². The van der Waals surface area contributed by atoms with Gasteiger partial charge in [0.05, 0.1) is 23.4 Å². The number of morpholine rings is 1. The largest absolute Gasteiger partial charge is 0.374 e. The van der Waals surface area contributed by atoms with Crippen molar-refractivity contribution in [3.05, 3.63) is 16.1 Å². The molecule has 2 heterocycles. The number of thiazole rings is 1. The van der Waals surface area contributed by atoms with Crippen LogP contribution >= 0.6 is 27.3 Å². The van der Waals surface area contributed by atoms with E-state index in [1.54, 1.807) is 11.3 Å². The molecule has 1 fully saturated rings. The number of aromatic nitrogens is 1. The number of ether oxygens (including phenoxy) is 1. The van der Waals surface area contributed by atoms with E-state index < -0.39 is 0 Å². The van der Waals surface area contributed by atoms with Gasteiger partial charge in [-0.1, -0.05) is 15.9 Å². The van der Waals surface area contributed by atoms with Gasteiger partial charge in [-0.25, -0.2) is 4.98 Å². The Balaban J connectivity index is 1.96. The van der Waals surface area contributed by atoms with E-state index in [9.17, 15) is 0 Å². The molecule has 3 nitrogen and oxygen atoms in total. The first kappa shape index (κ1) is 12.5. The number of halogens is 1. The van der Waals surface area contributed by atoms with Gasteiger partial charge in [0.25, 0.3) is 0 Å². The predicted octanol–water partition coefficient (Wildman–Crippen LogP) is 2.44. The first-order valence-electron chi connectivity index (χ1n) is 5.51. The molecule has 0 spiro atoms. The lowest BCUT2D eigenvalue weighted by Gasteiger charge is -2.37. The number of alkyl halides is 1. The van der Waals surface area contributed by atoms with Crippen molar-refractivity contribution in [2.75, 3.05) is 18.5 Å². The maximum absolute atomic E-state index is 5.71. The van der Waals surface area contributed by atoms with Crippen molar-refractivity contribution in [2.24, 2.45) is 0 Å². The van der Waals surface area contributed by atoms with Gasteiger partial charge in [0, 0.05) is 29.8 Å². The van der Waals surface area contributed by atoms with E-state index in [4.69, 9.17) is 4.74 Å². The summed E-state index contributed by atoms with van der Waals surface area (Å²) in [7, 11) is 0. The lowest BCUT2D eigenvalue weighted by Crippen LogP contribution is -2.48. The lowest BCUT2D eigenvalue weighted by atomic mass is 10.2. The van der Waals surface area contributed by atoms with Crippen LogP contribution in [-0.4, -0.2) is 40.5 Å². The summed E-state index contributed by atoms with van der Waals surface area (Å²) in [5.74, 6) is 0. The maximum Gasteiger partial charge on any atom is 0.0897 e. The topological polar surface area (TPSA) is 25.4 Å². The van der Waals surface area contributed by atoms with Crippen LogP contribution in [0.25, 0.3) is 0 Å². The van der Waals surface area contributed by atoms with Gasteiger partial charge in [0.1, 0.15) is 0 Å². The minimum absolute atomic E-state index is 0.316. The Hall–Kier alpha value is 0.0300. The Kier molecular flexibility index (Phi) is 4.35. The number of nitrogens with zero attached hydrogens (tertiary/aromatic N) is 2. The van der Waals surface area contributed by atoms with Gasteiger partial charge < -0.3 is 4.74 Å². The van der Waals surface area contributed by atoms with Crippen molar-refractivity contribution in [3.63, 3.8) is 0 Å². The Bertz CT molecular complexity index is 344. The average Bonchev–Trinajstić information content (AvgIpc) is 2.67. The number of aryl methyl sites for hydroxylation is 1. The molecular weight excluding hydrogens is 288 g/mol. The minimum atomic E-state index is 0.316. The highest BCUT2D eigenvalue weighted by molar-refractivity contribution is 9.09. The van der Waals surface area contributed by atoms with Crippen molar-refractivity contribution in [2.45, 2.75) is 32.5 Å². The van der Waals surface area contributed by atoms with Gasteiger partial charge in [0.15, 0.2) is 0 Å². The first-order valence-corrected chi connectivity index (χ1v) is 7.51. The fourth-order valence-corrected chi connectivity index (χ4v) is 2.87. The predicted molar refractivity (Wildman–Crippen MR) is 70.3 cm³/mol. The Morgan fingerprint density at radius 1 is 1.69 bits per heavy atom. The summed E-state index contributed by atoms with van der Waals surface area (Å²) in [6, 6.07) is 0.484. The summed E-state index contributed by atoms with van der Waals surface area (Å²) in [4.78, 5) is 6.96. The van der Waals surface area contributed by atoms with E-state index in [1.165, 1.54) is 5.69 Å². The molecule has 90 valence electrons. The van der Waals surface area contributed by atoms with Crippen LogP contribution < -0.4 is 0 Å². The molecule has 5 heteroatoms. The smallest absolute Gasteiger partial charge is 0.0897 e. The number of rotatable bonds is 3. The second-order valence-corrected chi connectivity index (χ2v) is 5.96. The molecule has 1 aromatic heterocycles. The Labute approximate surface area is 109 Å². The molecule has 1 aliphatic rings. The third kappa shape index (κ3) is 3.03. The summed E-state index contributed by atoms with van der Waals surface area (Å²) in [6.45, 7) is 7.02. The molecule has 2 unspecified atom stereocenters. The van der Waals surface area contributed by atoms with Gasteiger partial charge in [-0.15, -0.1) is 11.3 Å². The van der Waals surface area contributed by atoms with E-state index in [0.29, 0.717) is 12.1 Å². The van der Waals surface area contributed by atoms with Crippen molar-refractivity contribution >= 4 is 27.3 Å². The molecule has 0 radical (unpaired) electrons. The summed E-state index contributed by atoms with van der Waals surface area (Å²) in [5, 5.41) is 4.21. The second kappa shape index (κ2) is 5.58. The zero-order chi connectivity index (χ0) is 11.5. The second-order valence-electron chi connectivity index (χ2n) is 4.25. The molecule has 0 N–H and O–H groups in total. The van der Waals surface area contributed by atoms with Gasteiger partial charge in [-0.2, -0.15) is 0 Å². The molecular formula is C11H17BrN2OS. The standard InChI is InChI=1S/C11H17BrN2OS/c1-8-6-15-11(3-12)5-14(8)4-10-7-16-9(2)13-10/h7-8,11H,3-6H2,1-2H3. The van der Waals surface area contributed by atoms with Crippen LogP contribution in [0.5, 0.6) is 0 Å². The van der Waals surface area contributed by atoms with E-state index in [0.717, 1.165) is 30.0 Å². The molecule has 1 aromatic rings. The highest BCUT2D eigenvalue weighted by atomic mass is 79.9. The SMILES string of the molecule is Cc1nc(CN2CC(CBr)OCC2C)cs1. The zero-order valence-corrected chi connectivity index (χ0v) is 12.1. The van der Waals surface area contributed by atoms with Gasteiger partial charge in [-0.3, -0.25) is 4.90 Å². The molecule has 2 atom stereocenters. The maximum atomic E-state index is 5.71. The lowest BCUT2D eigenvalue weighted by molar-refractivity contribution is -0.0503. The van der Waals surface area contributed by atoms with Crippen LogP contribution in [0.3, 0.4) is 0 Å². The molecule has 0 aliphatic carbocycles.